The molecule has 0 radical (unpaired) electrons. The maximum Gasteiger partial charge on any atom is 0.338 e. The van der Waals surface area contributed by atoms with Gasteiger partial charge in [-0.05, 0) is 59.0 Å². The van der Waals surface area contributed by atoms with Crippen molar-refractivity contribution in [2.45, 2.75) is 6.61 Å². The predicted molar refractivity (Wildman–Crippen MR) is 102 cm³/mol. The van der Waals surface area contributed by atoms with Crippen LogP contribution in [0.2, 0.25) is 0 Å². The summed E-state index contributed by atoms with van der Waals surface area (Å²) in [5, 5.41) is 13.7. The lowest BCUT2D eigenvalue weighted by Gasteiger charge is -2.04. The fraction of sp³-hybridized carbons (Fsp3) is 0.105. The highest BCUT2D eigenvalue weighted by Crippen LogP contribution is 2.26. The topological polar surface area (TPSA) is 92.0 Å². The third-order valence-corrected chi connectivity index (χ3v) is 4.90. The van der Waals surface area contributed by atoms with Crippen molar-refractivity contribution < 1.29 is 14.3 Å². The largest absolute Gasteiger partial charge is 0.497 e. The van der Waals surface area contributed by atoms with Crippen LogP contribution in [0.4, 0.5) is 0 Å². The number of esters is 1. The maximum atomic E-state index is 12.3. The van der Waals surface area contributed by atoms with Crippen LogP contribution in [-0.2, 0) is 11.3 Å². The van der Waals surface area contributed by atoms with E-state index in [1.54, 1.807) is 31.4 Å². The molecule has 0 aliphatic carbocycles. The Morgan fingerprint density at radius 2 is 1.89 bits per heavy atom. The SMILES string of the molecule is COc1ccc(-c2nc(COC(=O)c3ccc(-n4cnnn4)cc3)cs2)cc1. The summed E-state index contributed by atoms with van der Waals surface area (Å²) in [4.78, 5) is 16.8. The number of aromatic nitrogens is 5. The Kier molecular flexibility index (Phi) is 5.07. The zero-order chi connectivity index (χ0) is 19.3. The summed E-state index contributed by atoms with van der Waals surface area (Å²) in [5.74, 6) is 0.378. The first-order valence-electron chi connectivity index (χ1n) is 8.32. The lowest BCUT2D eigenvalue weighted by Crippen LogP contribution is -2.06. The summed E-state index contributed by atoms with van der Waals surface area (Å²) in [6, 6.07) is 14.5. The third kappa shape index (κ3) is 3.89. The van der Waals surface area contributed by atoms with Crippen LogP contribution in [0.5, 0.6) is 5.75 Å². The Bertz CT molecular complexity index is 1060. The molecule has 0 saturated heterocycles. The van der Waals surface area contributed by atoms with E-state index < -0.39 is 5.97 Å². The van der Waals surface area contributed by atoms with Crippen LogP contribution in [0.3, 0.4) is 0 Å². The maximum absolute atomic E-state index is 12.3. The highest BCUT2D eigenvalue weighted by Gasteiger charge is 2.11. The van der Waals surface area contributed by atoms with Crippen molar-refractivity contribution in [2.75, 3.05) is 7.11 Å². The normalized spacial score (nSPS) is 10.6. The van der Waals surface area contributed by atoms with Gasteiger partial charge in [0.2, 0.25) is 0 Å². The zero-order valence-electron chi connectivity index (χ0n) is 14.8. The second-order valence-corrected chi connectivity index (χ2v) is 6.61. The number of hydrogen-bond acceptors (Lipinski definition) is 8. The van der Waals surface area contributed by atoms with E-state index in [9.17, 15) is 4.79 Å². The molecular weight excluding hydrogens is 378 g/mol. The number of rotatable bonds is 6. The summed E-state index contributed by atoms with van der Waals surface area (Å²) in [6.07, 6.45) is 1.48. The zero-order valence-corrected chi connectivity index (χ0v) is 15.7. The van der Waals surface area contributed by atoms with Crippen LogP contribution in [0.15, 0.2) is 60.2 Å². The van der Waals surface area contributed by atoms with Gasteiger partial charge in [-0.15, -0.1) is 16.4 Å². The van der Waals surface area contributed by atoms with Crippen molar-refractivity contribution >= 4 is 17.3 Å². The van der Waals surface area contributed by atoms with Crippen LogP contribution < -0.4 is 4.74 Å². The molecule has 28 heavy (non-hydrogen) atoms. The lowest BCUT2D eigenvalue weighted by molar-refractivity contribution is 0.0468. The van der Waals surface area contributed by atoms with Gasteiger partial charge in [0, 0.05) is 10.9 Å². The minimum Gasteiger partial charge on any atom is -0.497 e. The van der Waals surface area contributed by atoms with Crippen molar-refractivity contribution in [2.24, 2.45) is 0 Å². The van der Waals surface area contributed by atoms with E-state index in [0.717, 1.165) is 22.0 Å². The van der Waals surface area contributed by atoms with E-state index in [0.29, 0.717) is 11.3 Å². The van der Waals surface area contributed by atoms with Crippen LogP contribution >= 0.6 is 11.3 Å². The number of nitrogens with zero attached hydrogens (tertiary/aromatic N) is 5. The molecule has 140 valence electrons. The molecule has 0 spiro atoms. The predicted octanol–water partition coefficient (Wildman–Crippen LogP) is 3.15. The van der Waals surface area contributed by atoms with E-state index in [-0.39, 0.29) is 6.61 Å². The Labute approximate surface area is 164 Å². The van der Waals surface area contributed by atoms with Crippen molar-refractivity contribution in [3.05, 3.63) is 71.5 Å². The molecular formula is C19H15N5O3S. The summed E-state index contributed by atoms with van der Waals surface area (Å²) in [6.45, 7) is 0.111. The first kappa shape index (κ1) is 17.8. The standard InChI is InChI=1S/C19H15N5O3S/c1-26-17-8-4-13(5-9-17)18-21-15(11-28-18)10-27-19(25)14-2-6-16(7-3-14)24-12-20-22-23-24/h2-9,11-12H,10H2,1H3. The van der Waals surface area contributed by atoms with Gasteiger partial charge in [-0.1, -0.05) is 0 Å². The Morgan fingerprint density at radius 3 is 2.57 bits per heavy atom. The fourth-order valence-electron chi connectivity index (χ4n) is 2.49. The minimum atomic E-state index is -0.415. The van der Waals surface area contributed by atoms with Crippen LogP contribution in [0.1, 0.15) is 16.1 Å². The molecule has 0 aliphatic heterocycles. The van der Waals surface area contributed by atoms with E-state index in [2.05, 4.69) is 20.5 Å². The van der Waals surface area contributed by atoms with Gasteiger partial charge < -0.3 is 9.47 Å². The molecule has 0 atom stereocenters. The van der Waals surface area contributed by atoms with Gasteiger partial charge in [0.25, 0.3) is 0 Å². The number of tetrazole rings is 1. The molecule has 0 amide bonds. The number of carbonyl (C=O) groups excluding carboxylic acids is 1. The van der Waals surface area contributed by atoms with Gasteiger partial charge in [-0.2, -0.15) is 0 Å². The minimum absolute atomic E-state index is 0.111. The summed E-state index contributed by atoms with van der Waals surface area (Å²) < 4.78 is 12.0. The van der Waals surface area contributed by atoms with Crippen molar-refractivity contribution in [3.8, 4) is 22.0 Å². The Morgan fingerprint density at radius 1 is 1.11 bits per heavy atom. The Hall–Kier alpha value is -3.59. The molecule has 0 aliphatic rings. The molecule has 0 fully saturated rings. The van der Waals surface area contributed by atoms with E-state index >= 15 is 0 Å². The molecule has 9 heteroatoms. The first-order chi connectivity index (χ1) is 13.7. The van der Waals surface area contributed by atoms with Gasteiger partial charge in [-0.25, -0.2) is 14.5 Å². The van der Waals surface area contributed by atoms with Gasteiger partial charge in [0.05, 0.1) is 24.1 Å². The molecule has 0 bridgehead atoms. The van der Waals surface area contributed by atoms with Gasteiger partial charge >= 0.3 is 5.97 Å². The van der Waals surface area contributed by atoms with Gasteiger partial charge in [-0.3, -0.25) is 0 Å². The van der Waals surface area contributed by atoms with E-state index in [1.165, 1.54) is 22.3 Å². The summed E-state index contributed by atoms with van der Waals surface area (Å²) >= 11 is 1.50. The molecule has 0 saturated carbocycles. The third-order valence-electron chi connectivity index (χ3n) is 3.96. The average molecular weight is 393 g/mol. The average Bonchev–Trinajstić information content (AvgIpc) is 3.44. The molecule has 2 aromatic carbocycles. The Balaban J connectivity index is 1.37. The van der Waals surface area contributed by atoms with Crippen LogP contribution in [-0.4, -0.2) is 38.3 Å². The molecule has 2 aromatic heterocycles. The molecule has 4 rings (SSSR count). The van der Waals surface area contributed by atoms with Crippen molar-refractivity contribution in [1.82, 2.24) is 25.2 Å². The molecule has 4 aromatic rings. The highest BCUT2D eigenvalue weighted by atomic mass is 32.1. The number of benzene rings is 2. The number of hydrogen-bond donors (Lipinski definition) is 0. The highest BCUT2D eigenvalue weighted by molar-refractivity contribution is 7.13. The van der Waals surface area contributed by atoms with E-state index in [4.69, 9.17) is 9.47 Å². The van der Waals surface area contributed by atoms with E-state index in [1.807, 2.05) is 29.6 Å². The number of methoxy groups -OCH3 is 1. The van der Waals surface area contributed by atoms with Crippen molar-refractivity contribution in [3.63, 3.8) is 0 Å². The lowest BCUT2D eigenvalue weighted by atomic mass is 10.2. The number of ether oxygens (including phenoxy) is 2. The first-order valence-corrected chi connectivity index (χ1v) is 9.20. The summed E-state index contributed by atoms with van der Waals surface area (Å²) in [5.41, 5.74) is 2.89. The molecule has 0 N–H and O–H groups in total. The smallest absolute Gasteiger partial charge is 0.338 e. The fourth-order valence-corrected chi connectivity index (χ4v) is 3.30. The van der Waals surface area contributed by atoms with Gasteiger partial charge in [0.15, 0.2) is 0 Å². The van der Waals surface area contributed by atoms with Crippen LogP contribution in [0.25, 0.3) is 16.3 Å². The number of carbonyl (C=O) groups is 1. The van der Waals surface area contributed by atoms with Gasteiger partial charge in [0.1, 0.15) is 23.7 Å². The second kappa shape index (κ2) is 7.97. The second-order valence-electron chi connectivity index (χ2n) is 5.75. The molecule has 8 nitrogen and oxygen atoms in total. The molecule has 0 unspecified atom stereocenters. The van der Waals surface area contributed by atoms with Crippen molar-refractivity contribution in [1.29, 1.82) is 0 Å². The van der Waals surface area contributed by atoms with Crippen LogP contribution in [0, 0.1) is 0 Å². The molecule has 2 heterocycles. The number of thiazole rings is 1. The quantitative estimate of drug-likeness (QED) is 0.465. The summed E-state index contributed by atoms with van der Waals surface area (Å²) in [7, 11) is 1.63. The monoisotopic (exact) mass is 393 g/mol.